The lowest BCUT2D eigenvalue weighted by Gasteiger charge is -2.20. The average Bonchev–Trinajstić information content (AvgIpc) is 2.39. The molecule has 0 saturated carbocycles. The van der Waals surface area contributed by atoms with Gasteiger partial charge in [0, 0.05) is 20.2 Å². The normalized spacial score (nSPS) is 10.7. The van der Waals surface area contributed by atoms with Gasteiger partial charge in [-0.05, 0) is 12.1 Å². The summed E-state index contributed by atoms with van der Waals surface area (Å²) >= 11 is 0. The minimum Gasteiger partial charge on any atom is -0.395 e. The zero-order valence-corrected chi connectivity index (χ0v) is 10.9. The Bertz CT molecular complexity index is 401. The number of para-hydroxylation sites is 1. The summed E-state index contributed by atoms with van der Waals surface area (Å²) in [6.07, 6.45) is 0. The van der Waals surface area contributed by atoms with Crippen LogP contribution in [0.3, 0.4) is 0 Å². The summed E-state index contributed by atoms with van der Waals surface area (Å²) in [5, 5.41) is 11.4. The van der Waals surface area contributed by atoms with Gasteiger partial charge < -0.3 is 15.2 Å². The fourth-order valence-corrected chi connectivity index (χ4v) is 1.59. The van der Waals surface area contributed by atoms with Crippen molar-refractivity contribution in [2.24, 2.45) is 0 Å². The number of halogens is 1. The second kappa shape index (κ2) is 8.58. The summed E-state index contributed by atoms with van der Waals surface area (Å²) < 4.78 is 18.3. The highest BCUT2D eigenvalue weighted by Gasteiger charge is 2.11. The smallest absolute Gasteiger partial charge is 0.238 e. The monoisotopic (exact) mass is 270 g/mol. The predicted octanol–water partition coefficient (Wildman–Crippen LogP) is 0.705. The number of nitrogens with zero attached hydrogens (tertiary/aromatic N) is 1. The lowest BCUT2D eigenvalue weighted by Crippen LogP contribution is -2.37. The summed E-state index contributed by atoms with van der Waals surface area (Å²) in [6, 6.07) is 5.99. The highest BCUT2D eigenvalue weighted by atomic mass is 19.1. The number of rotatable bonds is 8. The summed E-state index contributed by atoms with van der Waals surface area (Å²) in [6.45, 7) is 1.40. The van der Waals surface area contributed by atoms with Crippen molar-refractivity contribution in [3.8, 4) is 0 Å². The van der Waals surface area contributed by atoms with E-state index in [9.17, 15) is 9.18 Å². The number of methoxy groups -OCH3 is 1. The Balaban J connectivity index is 2.50. The number of nitrogens with one attached hydrogen (secondary N) is 1. The topological polar surface area (TPSA) is 61.8 Å². The van der Waals surface area contributed by atoms with Crippen LogP contribution in [-0.2, 0) is 9.53 Å². The van der Waals surface area contributed by atoms with Crippen LogP contribution in [0.4, 0.5) is 10.1 Å². The number of anilines is 1. The van der Waals surface area contributed by atoms with Crippen LogP contribution >= 0.6 is 0 Å². The van der Waals surface area contributed by atoms with Crippen LogP contribution in [0, 0.1) is 5.82 Å². The van der Waals surface area contributed by atoms with E-state index in [1.165, 1.54) is 12.1 Å². The highest BCUT2D eigenvalue weighted by Crippen LogP contribution is 2.12. The Kier molecular flexibility index (Phi) is 7.02. The van der Waals surface area contributed by atoms with Crippen LogP contribution in [0.15, 0.2) is 24.3 Å². The molecule has 5 nitrogen and oxygen atoms in total. The van der Waals surface area contributed by atoms with Gasteiger partial charge in [-0.15, -0.1) is 0 Å². The fraction of sp³-hybridized carbons (Fsp3) is 0.462. The molecule has 6 heteroatoms. The first-order chi connectivity index (χ1) is 9.17. The van der Waals surface area contributed by atoms with Gasteiger partial charge in [-0.2, -0.15) is 0 Å². The molecule has 106 valence electrons. The molecule has 0 aliphatic carbocycles. The van der Waals surface area contributed by atoms with Gasteiger partial charge in [0.1, 0.15) is 5.82 Å². The number of hydrogen-bond acceptors (Lipinski definition) is 4. The molecule has 0 aliphatic rings. The minimum absolute atomic E-state index is 0.0449. The van der Waals surface area contributed by atoms with E-state index in [1.54, 1.807) is 24.1 Å². The molecule has 1 rings (SSSR count). The van der Waals surface area contributed by atoms with Crippen LogP contribution in [0.5, 0.6) is 0 Å². The molecule has 0 aliphatic heterocycles. The van der Waals surface area contributed by atoms with Crippen molar-refractivity contribution in [3.63, 3.8) is 0 Å². The van der Waals surface area contributed by atoms with E-state index in [2.05, 4.69) is 5.32 Å². The minimum atomic E-state index is -0.471. The SMILES string of the molecule is COCCN(CCO)CC(=O)Nc1ccccc1F. The standard InChI is InChI=1S/C13H19FN2O3/c1-19-9-7-16(6-8-17)10-13(18)15-12-5-3-2-4-11(12)14/h2-5,17H,6-10H2,1H3,(H,15,18). The van der Waals surface area contributed by atoms with E-state index in [-0.39, 0.29) is 24.7 Å². The molecule has 2 N–H and O–H groups in total. The number of carbonyl (C=O) groups is 1. The summed E-state index contributed by atoms with van der Waals surface area (Å²) in [5.74, 6) is -0.795. The lowest BCUT2D eigenvalue weighted by molar-refractivity contribution is -0.117. The first-order valence-electron chi connectivity index (χ1n) is 6.04. The number of benzene rings is 1. The van der Waals surface area contributed by atoms with Gasteiger partial charge in [-0.3, -0.25) is 9.69 Å². The van der Waals surface area contributed by atoms with E-state index in [4.69, 9.17) is 9.84 Å². The molecular weight excluding hydrogens is 251 g/mol. The molecule has 0 bridgehead atoms. The Morgan fingerprint density at radius 1 is 1.42 bits per heavy atom. The zero-order chi connectivity index (χ0) is 14.1. The van der Waals surface area contributed by atoms with Gasteiger partial charge in [0.15, 0.2) is 0 Å². The van der Waals surface area contributed by atoms with Crippen molar-refractivity contribution in [2.45, 2.75) is 0 Å². The van der Waals surface area contributed by atoms with Gasteiger partial charge in [-0.25, -0.2) is 4.39 Å². The number of hydrogen-bond donors (Lipinski definition) is 2. The summed E-state index contributed by atoms with van der Waals surface area (Å²) in [5.41, 5.74) is 0.156. The van der Waals surface area contributed by atoms with E-state index in [1.807, 2.05) is 0 Å². The van der Waals surface area contributed by atoms with Gasteiger partial charge in [-0.1, -0.05) is 12.1 Å². The maximum absolute atomic E-state index is 13.3. The first-order valence-corrected chi connectivity index (χ1v) is 6.04. The molecule has 19 heavy (non-hydrogen) atoms. The molecule has 0 unspecified atom stereocenters. The van der Waals surface area contributed by atoms with Gasteiger partial charge >= 0.3 is 0 Å². The van der Waals surface area contributed by atoms with Crippen molar-refractivity contribution < 1.29 is 19.0 Å². The van der Waals surface area contributed by atoms with E-state index in [0.717, 1.165) is 0 Å². The van der Waals surface area contributed by atoms with E-state index < -0.39 is 5.82 Å². The maximum atomic E-state index is 13.3. The van der Waals surface area contributed by atoms with Crippen LogP contribution in [0.1, 0.15) is 0 Å². The third kappa shape index (κ3) is 5.78. The maximum Gasteiger partial charge on any atom is 0.238 e. The largest absolute Gasteiger partial charge is 0.395 e. The van der Waals surface area contributed by atoms with E-state index >= 15 is 0 Å². The van der Waals surface area contributed by atoms with Gasteiger partial charge in [0.25, 0.3) is 0 Å². The highest BCUT2D eigenvalue weighted by molar-refractivity contribution is 5.92. The predicted molar refractivity (Wildman–Crippen MR) is 70.4 cm³/mol. The number of aliphatic hydroxyl groups is 1. The Morgan fingerprint density at radius 2 is 2.16 bits per heavy atom. The Morgan fingerprint density at radius 3 is 2.79 bits per heavy atom. The van der Waals surface area contributed by atoms with Crippen molar-refractivity contribution >= 4 is 11.6 Å². The number of aliphatic hydroxyl groups excluding tert-OH is 1. The fourth-order valence-electron chi connectivity index (χ4n) is 1.59. The van der Waals surface area contributed by atoms with Crippen molar-refractivity contribution in [1.29, 1.82) is 0 Å². The number of carbonyl (C=O) groups excluding carboxylic acids is 1. The van der Waals surface area contributed by atoms with E-state index in [0.29, 0.717) is 19.7 Å². The molecule has 0 fully saturated rings. The molecule has 1 amide bonds. The summed E-state index contributed by atoms with van der Waals surface area (Å²) in [7, 11) is 1.57. The van der Waals surface area contributed by atoms with Gasteiger partial charge in [0.2, 0.25) is 5.91 Å². The Hall–Kier alpha value is -1.50. The second-order valence-corrected chi connectivity index (χ2v) is 4.02. The summed E-state index contributed by atoms with van der Waals surface area (Å²) in [4.78, 5) is 13.5. The zero-order valence-electron chi connectivity index (χ0n) is 10.9. The van der Waals surface area contributed by atoms with Crippen LogP contribution < -0.4 is 5.32 Å². The lowest BCUT2D eigenvalue weighted by atomic mass is 10.3. The molecule has 0 atom stereocenters. The third-order valence-corrected chi connectivity index (χ3v) is 2.54. The Labute approximate surface area is 112 Å². The molecular formula is C13H19FN2O3. The average molecular weight is 270 g/mol. The van der Waals surface area contributed by atoms with Crippen LogP contribution in [0.25, 0.3) is 0 Å². The van der Waals surface area contributed by atoms with Crippen molar-refractivity contribution in [2.75, 3.05) is 45.3 Å². The second-order valence-electron chi connectivity index (χ2n) is 4.02. The van der Waals surface area contributed by atoms with Crippen LogP contribution in [0.2, 0.25) is 0 Å². The van der Waals surface area contributed by atoms with Crippen LogP contribution in [-0.4, -0.2) is 55.9 Å². The third-order valence-electron chi connectivity index (χ3n) is 2.54. The molecule has 0 heterocycles. The molecule has 1 aromatic rings. The van der Waals surface area contributed by atoms with Gasteiger partial charge in [0.05, 0.1) is 25.4 Å². The molecule has 0 saturated heterocycles. The quantitative estimate of drug-likeness (QED) is 0.730. The van der Waals surface area contributed by atoms with Crippen molar-refractivity contribution in [1.82, 2.24) is 4.90 Å². The molecule has 0 radical (unpaired) electrons. The van der Waals surface area contributed by atoms with Crippen molar-refractivity contribution in [3.05, 3.63) is 30.1 Å². The molecule has 0 spiro atoms. The molecule has 1 aromatic carbocycles. The number of amides is 1. The molecule has 0 aromatic heterocycles. The first kappa shape index (κ1) is 15.6. The number of ether oxygens (including phenoxy) is 1.